The van der Waals surface area contributed by atoms with Crippen LogP contribution in [0.3, 0.4) is 0 Å². The predicted molar refractivity (Wildman–Crippen MR) is 120 cm³/mol. The number of carbonyl (C=O) groups excluding carboxylic acids is 1. The van der Waals surface area contributed by atoms with Crippen molar-refractivity contribution in [2.45, 2.75) is 37.8 Å². The van der Waals surface area contributed by atoms with Gasteiger partial charge in [-0.05, 0) is 62.1 Å². The number of rotatable bonds is 0. The first-order valence-electron chi connectivity index (χ1n) is 10.9. The number of nitrogens with one attached hydrogen (secondary N) is 1. The van der Waals surface area contributed by atoms with E-state index in [0.717, 1.165) is 42.3 Å². The van der Waals surface area contributed by atoms with Crippen LogP contribution >= 0.6 is 0 Å². The summed E-state index contributed by atoms with van der Waals surface area (Å²) in [6.45, 7) is 0. The van der Waals surface area contributed by atoms with Crippen LogP contribution in [0, 0.1) is 0 Å². The van der Waals surface area contributed by atoms with Crippen LogP contribution in [-0.2, 0) is 4.89 Å². The third-order valence-electron chi connectivity index (χ3n) is 6.24. The molecule has 7 nitrogen and oxygen atoms in total. The van der Waals surface area contributed by atoms with Crippen LogP contribution in [0.4, 0.5) is 5.95 Å². The average molecular weight is 426 g/mol. The third-order valence-corrected chi connectivity index (χ3v) is 6.24. The lowest BCUT2D eigenvalue weighted by molar-refractivity contribution is -0.252. The normalized spacial score (nSPS) is 20.4. The zero-order valence-electron chi connectivity index (χ0n) is 17.4. The Morgan fingerprint density at radius 3 is 2.88 bits per heavy atom. The smallest absolute Gasteiger partial charge is 0.258 e. The van der Waals surface area contributed by atoms with Gasteiger partial charge in [-0.1, -0.05) is 24.3 Å². The first-order chi connectivity index (χ1) is 15.8. The molecule has 0 saturated heterocycles. The molecule has 7 heteroatoms. The second-order valence-electron chi connectivity index (χ2n) is 8.30. The Hall–Kier alpha value is -3.71. The maximum Gasteiger partial charge on any atom is 0.258 e. The molecule has 3 heterocycles. The van der Waals surface area contributed by atoms with E-state index in [2.05, 4.69) is 14.9 Å². The van der Waals surface area contributed by atoms with Gasteiger partial charge < -0.3 is 9.45 Å². The maximum atomic E-state index is 13.2. The van der Waals surface area contributed by atoms with Gasteiger partial charge in [0.1, 0.15) is 6.10 Å². The topological polar surface area (TPSA) is 78.3 Å². The molecule has 160 valence electrons. The van der Waals surface area contributed by atoms with Gasteiger partial charge in [0.05, 0.1) is 16.7 Å². The Morgan fingerprint density at radius 2 is 1.91 bits per heavy atom. The van der Waals surface area contributed by atoms with E-state index in [1.54, 1.807) is 18.3 Å². The molecule has 0 radical (unpaired) electrons. The van der Waals surface area contributed by atoms with Crippen molar-refractivity contribution in [3.63, 3.8) is 0 Å². The first-order valence-corrected chi connectivity index (χ1v) is 10.9. The largest absolute Gasteiger partial charge is 0.337 e. The first kappa shape index (κ1) is 19.0. The van der Waals surface area contributed by atoms with E-state index in [9.17, 15) is 4.79 Å². The Bertz CT molecular complexity index is 1320. The molecule has 1 fully saturated rings. The molecule has 1 N–H and O–H groups in total. The molecule has 2 aliphatic rings. The number of anilines is 1. The van der Waals surface area contributed by atoms with Crippen molar-refractivity contribution in [3.05, 3.63) is 72.4 Å². The number of aromatic nitrogens is 3. The minimum absolute atomic E-state index is 0.0613. The summed E-state index contributed by atoms with van der Waals surface area (Å²) in [6, 6.07) is 19.2. The Labute approximate surface area is 184 Å². The molecule has 4 bridgehead atoms. The molecule has 1 amide bonds. The van der Waals surface area contributed by atoms with Gasteiger partial charge in [0.2, 0.25) is 5.95 Å². The Kier molecular flexibility index (Phi) is 4.61. The van der Waals surface area contributed by atoms with Crippen molar-refractivity contribution < 1.29 is 14.6 Å². The van der Waals surface area contributed by atoms with Crippen molar-refractivity contribution in [1.29, 1.82) is 0 Å². The van der Waals surface area contributed by atoms with E-state index in [0.29, 0.717) is 23.0 Å². The van der Waals surface area contributed by atoms with E-state index >= 15 is 0 Å². The van der Waals surface area contributed by atoms with Crippen molar-refractivity contribution in [2.24, 2.45) is 0 Å². The summed E-state index contributed by atoms with van der Waals surface area (Å²) in [5.74, 6) is 0.924. The monoisotopic (exact) mass is 426 g/mol. The van der Waals surface area contributed by atoms with Crippen LogP contribution in [-0.4, -0.2) is 26.5 Å². The number of pyridine rings is 1. The molecule has 1 aliphatic heterocycles. The molecule has 2 aromatic carbocycles. The highest BCUT2D eigenvalue weighted by Gasteiger charge is 2.29. The quantitative estimate of drug-likeness (QED) is 0.393. The molecular weight excluding hydrogens is 404 g/mol. The molecule has 2 atom stereocenters. The molecule has 32 heavy (non-hydrogen) atoms. The van der Waals surface area contributed by atoms with Gasteiger partial charge in [-0.25, -0.2) is 4.98 Å². The van der Waals surface area contributed by atoms with Crippen LogP contribution < -0.4 is 10.2 Å². The second-order valence-corrected chi connectivity index (χ2v) is 8.30. The maximum absolute atomic E-state index is 13.2. The van der Waals surface area contributed by atoms with Gasteiger partial charge >= 0.3 is 0 Å². The summed E-state index contributed by atoms with van der Waals surface area (Å²) in [6.07, 6.45) is 5.25. The third kappa shape index (κ3) is 3.31. The zero-order valence-corrected chi connectivity index (χ0v) is 17.4. The molecular formula is C25H22N4O3. The van der Waals surface area contributed by atoms with E-state index in [1.807, 2.05) is 48.5 Å². The van der Waals surface area contributed by atoms with Gasteiger partial charge in [0.15, 0.2) is 5.75 Å². The fourth-order valence-electron chi connectivity index (χ4n) is 4.71. The molecule has 4 aromatic rings. The minimum atomic E-state index is -0.218. The van der Waals surface area contributed by atoms with Gasteiger partial charge in [-0.3, -0.25) is 15.1 Å². The SMILES string of the molecule is O=C1Nc2nc3ccccc3n2[C@H]2CCC[C@H](C2)OOc2ccccc2-c2cc1ccn2. The summed E-state index contributed by atoms with van der Waals surface area (Å²) < 4.78 is 2.14. The predicted octanol–water partition coefficient (Wildman–Crippen LogP) is 5.16. The fraction of sp³-hybridized carbons (Fsp3) is 0.240. The number of benzene rings is 2. The van der Waals surface area contributed by atoms with Crippen molar-refractivity contribution in [2.75, 3.05) is 5.32 Å². The van der Waals surface area contributed by atoms with Crippen molar-refractivity contribution in [3.8, 4) is 17.0 Å². The van der Waals surface area contributed by atoms with E-state index in [1.165, 1.54) is 0 Å². The Morgan fingerprint density at radius 1 is 1.03 bits per heavy atom. The number of para-hydroxylation sites is 3. The number of carbonyl (C=O) groups is 1. The van der Waals surface area contributed by atoms with Crippen LogP contribution in [0.5, 0.6) is 5.75 Å². The highest BCUT2D eigenvalue weighted by Crippen LogP contribution is 2.37. The van der Waals surface area contributed by atoms with E-state index in [4.69, 9.17) is 14.8 Å². The second kappa shape index (κ2) is 7.76. The highest BCUT2D eigenvalue weighted by molar-refractivity contribution is 6.04. The standard InChI is InChI=1S/C25H22N4O3/c30-24-16-12-13-26-21(14-16)19-8-1-4-11-23(19)32-31-18-7-5-6-17(15-18)29-22-10-3-2-9-20(22)27-25(29)28-24/h1-4,8-14,17-18H,5-7,15H2,(H,27,28,30)/t17-,18+/m0/s1. The number of imidazole rings is 1. The molecule has 1 aliphatic carbocycles. The minimum Gasteiger partial charge on any atom is -0.337 e. The molecule has 2 aromatic heterocycles. The van der Waals surface area contributed by atoms with Gasteiger partial charge in [0, 0.05) is 23.4 Å². The molecule has 0 spiro atoms. The lowest BCUT2D eigenvalue weighted by atomic mass is 9.92. The lowest BCUT2D eigenvalue weighted by Crippen LogP contribution is -2.28. The van der Waals surface area contributed by atoms with Gasteiger partial charge in [0.25, 0.3) is 5.91 Å². The van der Waals surface area contributed by atoms with Crippen LogP contribution in [0.2, 0.25) is 0 Å². The Balaban J connectivity index is 1.50. The van der Waals surface area contributed by atoms with Gasteiger partial charge in [-0.15, -0.1) is 0 Å². The van der Waals surface area contributed by atoms with Crippen molar-refractivity contribution in [1.82, 2.24) is 14.5 Å². The zero-order chi connectivity index (χ0) is 21.5. The summed E-state index contributed by atoms with van der Waals surface area (Å²) in [7, 11) is 0. The fourth-order valence-corrected chi connectivity index (χ4v) is 4.71. The number of hydrogen-bond donors (Lipinski definition) is 1. The number of hydrogen-bond acceptors (Lipinski definition) is 5. The highest BCUT2D eigenvalue weighted by atomic mass is 17.2. The van der Waals surface area contributed by atoms with Crippen molar-refractivity contribution >= 4 is 22.9 Å². The molecule has 6 rings (SSSR count). The van der Waals surface area contributed by atoms with Crippen LogP contribution in [0.1, 0.15) is 42.1 Å². The van der Waals surface area contributed by atoms with Crippen LogP contribution in [0.25, 0.3) is 22.3 Å². The average Bonchev–Trinajstić information content (AvgIpc) is 3.20. The molecule has 1 saturated carbocycles. The van der Waals surface area contributed by atoms with Gasteiger partial charge in [-0.2, -0.15) is 4.89 Å². The summed E-state index contributed by atoms with van der Waals surface area (Å²) in [5, 5.41) is 3.05. The van der Waals surface area contributed by atoms with E-state index in [-0.39, 0.29) is 18.1 Å². The number of amides is 1. The summed E-state index contributed by atoms with van der Waals surface area (Å²) >= 11 is 0. The lowest BCUT2D eigenvalue weighted by Gasteiger charge is -2.30. The number of fused-ring (bicyclic) bond motifs is 10. The molecule has 0 unspecified atom stereocenters. The van der Waals surface area contributed by atoms with Crippen LogP contribution in [0.15, 0.2) is 66.9 Å². The number of nitrogens with zero attached hydrogens (tertiary/aromatic N) is 3. The van der Waals surface area contributed by atoms with E-state index < -0.39 is 0 Å². The summed E-state index contributed by atoms with van der Waals surface area (Å²) in [4.78, 5) is 34.2. The summed E-state index contributed by atoms with van der Waals surface area (Å²) in [5.41, 5.74) is 3.78.